The number of hydrogen-bond donors (Lipinski definition) is 2. The molecule has 276 valence electrons. The third-order valence-electron chi connectivity index (χ3n) is 9.49. The summed E-state index contributed by atoms with van der Waals surface area (Å²) in [5.41, 5.74) is 6.09. The van der Waals surface area contributed by atoms with Crippen molar-refractivity contribution >= 4 is 11.6 Å². The van der Waals surface area contributed by atoms with Gasteiger partial charge in [0.1, 0.15) is 29.5 Å². The fourth-order valence-electron chi connectivity index (χ4n) is 7.09. The molecular weight excluding hydrogens is 678 g/mol. The van der Waals surface area contributed by atoms with E-state index in [-0.39, 0.29) is 24.6 Å². The Kier molecular flexibility index (Phi) is 11.9. The first-order chi connectivity index (χ1) is 25.8. The molecule has 12 heteroatoms. The fraction of sp³-hybridized carbons (Fsp3) is 0.293. The standard InChI is InChI=1S/C41H43N3O9/c1-48-26-27-51-37-34(46)35(52-38(37)44-25-24-32(42)43-39(44)47)36(33(45)28-16-8-4-9-17-28)53-41(49-2,50-3)40(29-18-10-5-11-19-29,30-20-12-6-13-21-30)31-22-14-7-15-23-31/h4-25,34-38,46H,26-27H2,1-3H3,(H2,42,43,47)/t34-,35+,36?,37-,38-/m1/s1. The Balaban J connectivity index is 1.57. The molecule has 0 radical (unpaired) electrons. The number of carbonyl (C=O) groups is 1. The molecule has 4 aromatic carbocycles. The maximum Gasteiger partial charge on any atom is 0.351 e. The number of aliphatic hydroxyl groups excluding tert-OH is 1. The molecule has 1 saturated heterocycles. The number of anilines is 1. The molecule has 5 aromatic rings. The molecule has 1 aliphatic heterocycles. The zero-order valence-corrected chi connectivity index (χ0v) is 29.7. The molecule has 1 unspecified atom stereocenters. The van der Waals surface area contributed by atoms with E-state index < -0.39 is 53.5 Å². The molecule has 1 aromatic heterocycles. The van der Waals surface area contributed by atoms with E-state index in [1.165, 1.54) is 33.6 Å². The van der Waals surface area contributed by atoms with Gasteiger partial charge in [0, 0.05) is 33.1 Å². The molecule has 6 rings (SSSR count). The van der Waals surface area contributed by atoms with Gasteiger partial charge in [0.2, 0.25) is 0 Å². The lowest BCUT2D eigenvalue weighted by Gasteiger charge is -2.50. The number of nitrogens with zero attached hydrogens (tertiary/aromatic N) is 2. The summed E-state index contributed by atoms with van der Waals surface area (Å²) in [5.74, 6) is -2.66. The first-order valence-electron chi connectivity index (χ1n) is 17.1. The molecule has 12 nitrogen and oxygen atoms in total. The number of carbonyl (C=O) groups excluding carboxylic acids is 1. The van der Waals surface area contributed by atoms with Crippen LogP contribution in [0.1, 0.15) is 33.3 Å². The highest BCUT2D eigenvalue weighted by atomic mass is 16.9. The van der Waals surface area contributed by atoms with Crippen LogP contribution in [0.15, 0.2) is 138 Å². The number of aromatic nitrogens is 2. The summed E-state index contributed by atoms with van der Waals surface area (Å²) in [6.45, 7) is 0.224. The molecular formula is C41H43N3O9. The van der Waals surface area contributed by atoms with Gasteiger partial charge in [-0.3, -0.25) is 9.36 Å². The molecule has 5 atom stereocenters. The Labute approximate surface area is 307 Å². The van der Waals surface area contributed by atoms with Crippen molar-refractivity contribution in [2.75, 3.05) is 40.3 Å². The van der Waals surface area contributed by atoms with Gasteiger partial charge in [-0.15, -0.1) is 0 Å². The lowest BCUT2D eigenvalue weighted by Crippen LogP contribution is -2.62. The van der Waals surface area contributed by atoms with Crippen molar-refractivity contribution in [3.8, 4) is 0 Å². The molecule has 0 aliphatic carbocycles. The quantitative estimate of drug-likeness (QED) is 0.0647. The van der Waals surface area contributed by atoms with E-state index in [1.807, 2.05) is 91.0 Å². The van der Waals surface area contributed by atoms with E-state index in [0.717, 1.165) is 21.3 Å². The largest absolute Gasteiger partial charge is 0.387 e. The maximum atomic E-state index is 14.9. The Morgan fingerprint density at radius 1 is 0.811 bits per heavy atom. The zero-order valence-electron chi connectivity index (χ0n) is 29.7. The number of Topliss-reactive ketones (excluding diaryl/α,β-unsaturated/α-hetero) is 1. The molecule has 0 amide bonds. The summed E-state index contributed by atoms with van der Waals surface area (Å²) in [6.07, 6.45) is -5.59. The van der Waals surface area contributed by atoms with Crippen molar-refractivity contribution in [1.82, 2.24) is 9.55 Å². The van der Waals surface area contributed by atoms with Crippen LogP contribution in [0.3, 0.4) is 0 Å². The number of ether oxygens (including phenoxy) is 6. The number of benzene rings is 4. The van der Waals surface area contributed by atoms with Crippen molar-refractivity contribution in [3.63, 3.8) is 0 Å². The summed E-state index contributed by atoms with van der Waals surface area (Å²) in [6, 6.07) is 38.6. The average molecular weight is 722 g/mol. The van der Waals surface area contributed by atoms with Crippen LogP contribution in [0.2, 0.25) is 0 Å². The van der Waals surface area contributed by atoms with Gasteiger partial charge in [-0.1, -0.05) is 121 Å². The Morgan fingerprint density at radius 2 is 1.32 bits per heavy atom. The van der Waals surface area contributed by atoms with Gasteiger partial charge in [-0.25, -0.2) is 4.79 Å². The van der Waals surface area contributed by atoms with Gasteiger partial charge in [0.05, 0.1) is 13.2 Å². The van der Waals surface area contributed by atoms with E-state index in [1.54, 1.807) is 30.3 Å². The maximum absolute atomic E-state index is 14.9. The summed E-state index contributed by atoms with van der Waals surface area (Å²) >= 11 is 0. The summed E-state index contributed by atoms with van der Waals surface area (Å²) in [4.78, 5) is 31.9. The minimum Gasteiger partial charge on any atom is -0.387 e. The first kappa shape index (κ1) is 37.7. The molecule has 0 saturated carbocycles. The normalized spacial score (nSPS) is 19.5. The SMILES string of the molecule is COCCO[C@@H]1[C@H](O)[C@@H](C(OC(OC)(OC)C(c2ccccc2)(c2ccccc2)c2ccccc2)C(=O)c2ccccc2)O[C@H]1n1ccc(N)nc1=O. The number of rotatable bonds is 16. The van der Waals surface area contributed by atoms with Crippen LogP contribution in [0.4, 0.5) is 5.82 Å². The highest BCUT2D eigenvalue weighted by Crippen LogP contribution is 2.51. The third-order valence-corrected chi connectivity index (χ3v) is 9.49. The summed E-state index contributed by atoms with van der Waals surface area (Å²) < 4.78 is 38.8. The number of hydrogen-bond acceptors (Lipinski definition) is 11. The first-order valence-corrected chi connectivity index (χ1v) is 17.1. The molecule has 1 aliphatic rings. The summed E-state index contributed by atoms with van der Waals surface area (Å²) in [5, 5.41) is 12.1. The lowest BCUT2D eigenvalue weighted by atomic mass is 9.67. The van der Waals surface area contributed by atoms with Crippen molar-refractivity contribution < 1.29 is 38.3 Å². The van der Waals surface area contributed by atoms with E-state index in [4.69, 9.17) is 34.2 Å². The third kappa shape index (κ3) is 7.18. The zero-order chi connectivity index (χ0) is 37.4. The number of ketones is 1. The van der Waals surface area contributed by atoms with E-state index in [9.17, 15) is 14.7 Å². The van der Waals surface area contributed by atoms with Gasteiger partial charge in [0.25, 0.3) is 0 Å². The summed E-state index contributed by atoms with van der Waals surface area (Å²) in [7, 11) is 4.37. The highest BCUT2D eigenvalue weighted by molar-refractivity contribution is 6.00. The van der Waals surface area contributed by atoms with Crippen LogP contribution in [0, 0.1) is 0 Å². The van der Waals surface area contributed by atoms with Crippen LogP contribution in [-0.2, 0) is 33.8 Å². The number of nitrogens with two attached hydrogens (primary N) is 1. The molecule has 0 bridgehead atoms. The van der Waals surface area contributed by atoms with Crippen LogP contribution < -0.4 is 11.4 Å². The minimum atomic E-state index is -2.11. The number of aliphatic hydroxyl groups is 1. The van der Waals surface area contributed by atoms with Crippen LogP contribution >= 0.6 is 0 Å². The van der Waals surface area contributed by atoms with Crippen molar-refractivity contribution in [1.29, 1.82) is 0 Å². The monoisotopic (exact) mass is 721 g/mol. The highest BCUT2D eigenvalue weighted by Gasteiger charge is 2.62. The van der Waals surface area contributed by atoms with E-state index >= 15 is 0 Å². The van der Waals surface area contributed by atoms with Crippen LogP contribution in [0.25, 0.3) is 0 Å². The van der Waals surface area contributed by atoms with Crippen molar-refractivity contribution in [3.05, 3.63) is 166 Å². The van der Waals surface area contributed by atoms with Crippen molar-refractivity contribution in [2.24, 2.45) is 0 Å². The van der Waals surface area contributed by atoms with Crippen molar-refractivity contribution in [2.45, 2.75) is 42.0 Å². The molecule has 1 fully saturated rings. The van der Waals surface area contributed by atoms with Crippen LogP contribution in [-0.4, -0.2) is 85.4 Å². The van der Waals surface area contributed by atoms with Crippen LogP contribution in [0.5, 0.6) is 0 Å². The Bertz CT molecular complexity index is 1880. The van der Waals surface area contributed by atoms with Gasteiger partial charge in [0.15, 0.2) is 18.1 Å². The fourth-order valence-corrected chi connectivity index (χ4v) is 7.09. The topological polar surface area (TPSA) is 154 Å². The van der Waals surface area contributed by atoms with Gasteiger partial charge in [-0.05, 0) is 22.8 Å². The van der Waals surface area contributed by atoms with E-state index in [0.29, 0.717) is 0 Å². The second-order valence-electron chi connectivity index (χ2n) is 12.4. The number of methoxy groups -OCH3 is 3. The van der Waals surface area contributed by atoms with Gasteiger partial charge >= 0.3 is 11.7 Å². The molecule has 53 heavy (non-hydrogen) atoms. The number of nitrogen functional groups attached to an aromatic ring is 1. The minimum absolute atomic E-state index is 0.00251. The Morgan fingerprint density at radius 3 is 1.79 bits per heavy atom. The molecule has 2 heterocycles. The second-order valence-corrected chi connectivity index (χ2v) is 12.4. The molecule has 3 N–H and O–H groups in total. The van der Waals surface area contributed by atoms with E-state index in [2.05, 4.69) is 4.98 Å². The predicted octanol–water partition coefficient (Wildman–Crippen LogP) is 4.36. The Hall–Kier alpha value is -5.05. The average Bonchev–Trinajstić information content (AvgIpc) is 3.52. The lowest BCUT2D eigenvalue weighted by molar-refractivity contribution is -0.398. The molecule has 0 spiro atoms. The van der Waals surface area contributed by atoms with Gasteiger partial charge < -0.3 is 39.3 Å². The predicted molar refractivity (Wildman–Crippen MR) is 196 cm³/mol. The second kappa shape index (κ2) is 16.7. The smallest absolute Gasteiger partial charge is 0.351 e. The van der Waals surface area contributed by atoms with Gasteiger partial charge in [-0.2, -0.15) is 4.98 Å².